The van der Waals surface area contributed by atoms with Crippen LogP contribution < -0.4 is 10.2 Å². The number of aryl methyl sites for hydroxylation is 1. The lowest BCUT2D eigenvalue weighted by atomic mass is 10.1. The first-order valence-corrected chi connectivity index (χ1v) is 6.60. The Labute approximate surface area is 109 Å². The van der Waals surface area contributed by atoms with Crippen molar-refractivity contribution in [3.05, 3.63) is 23.4 Å². The number of morpholine rings is 1. The number of nitrogens with one attached hydrogen (secondary N) is 1. The van der Waals surface area contributed by atoms with Gasteiger partial charge in [0.25, 0.3) is 0 Å². The quantitative estimate of drug-likeness (QED) is 0.885. The Balaban J connectivity index is 2.21. The molecular formula is C14H23N3O. The van der Waals surface area contributed by atoms with Crippen LogP contribution in [0.4, 0.5) is 5.82 Å². The fourth-order valence-corrected chi connectivity index (χ4v) is 2.43. The number of hydrogen-bond acceptors (Lipinski definition) is 4. The summed E-state index contributed by atoms with van der Waals surface area (Å²) in [5.74, 6) is 1.09. The van der Waals surface area contributed by atoms with Gasteiger partial charge in [-0.25, -0.2) is 4.98 Å². The van der Waals surface area contributed by atoms with Gasteiger partial charge < -0.3 is 15.0 Å². The first kappa shape index (κ1) is 13.3. The minimum Gasteiger partial charge on any atom is -0.375 e. The highest BCUT2D eigenvalue weighted by atomic mass is 16.5. The standard InChI is InChI=1S/C14H23N3O/c1-10-5-13(6-15-4)7-16-14(10)17-8-12(3)18-9-11(17)2/h5,7,11-12,15H,6,8-9H2,1-4H3. The molecule has 0 aromatic carbocycles. The Hall–Kier alpha value is -1.13. The summed E-state index contributed by atoms with van der Waals surface area (Å²) < 4.78 is 5.66. The van der Waals surface area contributed by atoms with Gasteiger partial charge in [0.05, 0.1) is 18.8 Å². The minimum absolute atomic E-state index is 0.277. The molecule has 1 aliphatic heterocycles. The molecule has 1 aromatic rings. The molecule has 0 amide bonds. The van der Waals surface area contributed by atoms with Crippen LogP contribution in [0, 0.1) is 6.92 Å². The summed E-state index contributed by atoms with van der Waals surface area (Å²) in [6.07, 6.45) is 2.24. The van der Waals surface area contributed by atoms with E-state index in [9.17, 15) is 0 Å². The highest BCUT2D eigenvalue weighted by Crippen LogP contribution is 2.23. The van der Waals surface area contributed by atoms with Gasteiger partial charge in [0.15, 0.2) is 0 Å². The van der Waals surface area contributed by atoms with Gasteiger partial charge in [-0.1, -0.05) is 0 Å². The van der Waals surface area contributed by atoms with Crippen LogP contribution in [0.5, 0.6) is 0 Å². The average molecular weight is 249 g/mol. The Morgan fingerprint density at radius 1 is 1.50 bits per heavy atom. The topological polar surface area (TPSA) is 37.4 Å². The maximum Gasteiger partial charge on any atom is 0.131 e. The Morgan fingerprint density at radius 3 is 2.94 bits per heavy atom. The van der Waals surface area contributed by atoms with Gasteiger partial charge in [0.1, 0.15) is 5.82 Å². The minimum atomic E-state index is 0.277. The normalized spacial score (nSPS) is 24.3. The van der Waals surface area contributed by atoms with Crippen LogP contribution in [0.3, 0.4) is 0 Å². The lowest BCUT2D eigenvalue weighted by molar-refractivity contribution is 0.0340. The second-order valence-electron chi connectivity index (χ2n) is 5.16. The van der Waals surface area contributed by atoms with Crippen LogP contribution in [0.15, 0.2) is 12.3 Å². The van der Waals surface area contributed by atoms with Crippen molar-refractivity contribution < 1.29 is 4.74 Å². The van der Waals surface area contributed by atoms with Gasteiger partial charge in [-0.15, -0.1) is 0 Å². The van der Waals surface area contributed by atoms with E-state index < -0.39 is 0 Å². The molecule has 1 aliphatic rings. The Morgan fingerprint density at radius 2 is 2.28 bits per heavy atom. The molecular weight excluding hydrogens is 226 g/mol. The maximum absolute atomic E-state index is 5.66. The molecule has 0 radical (unpaired) electrons. The summed E-state index contributed by atoms with van der Waals surface area (Å²) in [7, 11) is 1.95. The summed E-state index contributed by atoms with van der Waals surface area (Å²) in [5, 5.41) is 3.15. The summed E-state index contributed by atoms with van der Waals surface area (Å²) in [4.78, 5) is 6.99. The molecule has 1 N–H and O–H groups in total. The van der Waals surface area contributed by atoms with E-state index in [0.717, 1.165) is 25.5 Å². The molecule has 0 spiro atoms. The van der Waals surface area contributed by atoms with E-state index in [1.54, 1.807) is 0 Å². The van der Waals surface area contributed by atoms with Gasteiger partial charge in [-0.05, 0) is 45.0 Å². The summed E-state index contributed by atoms with van der Waals surface area (Å²) in [6, 6.07) is 2.61. The van der Waals surface area contributed by atoms with E-state index in [1.165, 1.54) is 11.1 Å². The Bertz CT molecular complexity index is 408. The molecule has 100 valence electrons. The number of nitrogens with zero attached hydrogens (tertiary/aromatic N) is 2. The number of aromatic nitrogens is 1. The molecule has 4 nitrogen and oxygen atoms in total. The smallest absolute Gasteiger partial charge is 0.131 e. The molecule has 0 saturated carbocycles. The zero-order valence-corrected chi connectivity index (χ0v) is 11.7. The van der Waals surface area contributed by atoms with Gasteiger partial charge in [-0.3, -0.25) is 0 Å². The van der Waals surface area contributed by atoms with Crippen molar-refractivity contribution in [2.75, 3.05) is 25.1 Å². The molecule has 2 unspecified atom stereocenters. The van der Waals surface area contributed by atoms with Gasteiger partial charge >= 0.3 is 0 Å². The third-order valence-corrected chi connectivity index (χ3v) is 3.37. The fraction of sp³-hybridized carbons (Fsp3) is 0.643. The molecule has 1 aromatic heterocycles. The van der Waals surface area contributed by atoms with Crippen molar-refractivity contribution in [3.8, 4) is 0 Å². The third-order valence-electron chi connectivity index (χ3n) is 3.37. The number of ether oxygens (including phenoxy) is 1. The largest absolute Gasteiger partial charge is 0.375 e. The summed E-state index contributed by atoms with van der Waals surface area (Å²) in [5.41, 5.74) is 2.47. The van der Waals surface area contributed by atoms with E-state index >= 15 is 0 Å². The van der Waals surface area contributed by atoms with Crippen molar-refractivity contribution in [3.63, 3.8) is 0 Å². The van der Waals surface area contributed by atoms with Crippen LogP contribution in [0.2, 0.25) is 0 Å². The number of rotatable bonds is 3. The number of hydrogen-bond donors (Lipinski definition) is 1. The first-order chi connectivity index (χ1) is 8.61. The van der Waals surface area contributed by atoms with Crippen LogP contribution in [-0.4, -0.2) is 37.3 Å². The number of pyridine rings is 1. The average Bonchev–Trinajstić information content (AvgIpc) is 2.33. The molecule has 0 aliphatic carbocycles. The maximum atomic E-state index is 5.66. The molecule has 4 heteroatoms. The highest BCUT2D eigenvalue weighted by molar-refractivity contribution is 5.48. The van der Waals surface area contributed by atoms with Crippen LogP contribution >= 0.6 is 0 Å². The molecule has 2 atom stereocenters. The predicted octanol–water partition coefficient (Wildman–Crippen LogP) is 1.72. The molecule has 1 saturated heterocycles. The molecule has 2 heterocycles. The van der Waals surface area contributed by atoms with E-state index in [4.69, 9.17) is 4.74 Å². The molecule has 18 heavy (non-hydrogen) atoms. The predicted molar refractivity (Wildman–Crippen MR) is 74.0 cm³/mol. The summed E-state index contributed by atoms with van der Waals surface area (Å²) >= 11 is 0. The lowest BCUT2D eigenvalue weighted by Gasteiger charge is -2.38. The van der Waals surface area contributed by atoms with Crippen molar-refractivity contribution >= 4 is 5.82 Å². The third kappa shape index (κ3) is 2.82. The second-order valence-corrected chi connectivity index (χ2v) is 5.16. The van der Waals surface area contributed by atoms with E-state index in [1.807, 2.05) is 13.2 Å². The van der Waals surface area contributed by atoms with E-state index in [-0.39, 0.29) is 6.10 Å². The number of anilines is 1. The second kappa shape index (κ2) is 5.67. The van der Waals surface area contributed by atoms with Crippen molar-refractivity contribution in [1.82, 2.24) is 10.3 Å². The van der Waals surface area contributed by atoms with Crippen molar-refractivity contribution in [2.24, 2.45) is 0 Å². The van der Waals surface area contributed by atoms with Gasteiger partial charge in [0, 0.05) is 19.3 Å². The van der Waals surface area contributed by atoms with Crippen LogP contribution in [0.25, 0.3) is 0 Å². The van der Waals surface area contributed by atoms with Crippen LogP contribution in [-0.2, 0) is 11.3 Å². The van der Waals surface area contributed by atoms with E-state index in [0.29, 0.717) is 6.04 Å². The Kier molecular flexibility index (Phi) is 4.19. The molecule has 2 rings (SSSR count). The van der Waals surface area contributed by atoms with Crippen molar-refractivity contribution in [2.45, 2.75) is 39.5 Å². The highest BCUT2D eigenvalue weighted by Gasteiger charge is 2.25. The first-order valence-electron chi connectivity index (χ1n) is 6.60. The lowest BCUT2D eigenvalue weighted by Crippen LogP contribution is -2.48. The van der Waals surface area contributed by atoms with Crippen molar-refractivity contribution in [1.29, 1.82) is 0 Å². The molecule has 0 bridgehead atoms. The molecule has 1 fully saturated rings. The van der Waals surface area contributed by atoms with E-state index in [2.05, 4.69) is 42.0 Å². The van der Waals surface area contributed by atoms with Gasteiger partial charge in [-0.2, -0.15) is 0 Å². The zero-order chi connectivity index (χ0) is 13.1. The van der Waals surface area contributed by atoms with Gasteiger partial charge in [0.2, 0.25) is 0 Å². The summed E-state index contributed by atoms with van der Waals surface area (Å²) in [6.45, 7) is 9.00. The monoisotopic (exact) mass is 249 g/mol. The van der Waals surface area contributed by atoms with Crippen LogP contribution in [0.1, 0.15) is 25.0 Å². The zero-order valence-electron chi connectivity index (χ0n) is 11.7. The fourth-order valence-electron chi connectivity index (χ4n) is 2.43. The SMILES string of the molecule is CNCc1cnc(N2CC(C)OCC2C)c(C)c1.